The number of imide groups is 1. The van der Waals surface area contributed by atoms with E-state index in [0.717, 1.165) is 17.5 Å². The predicted octanol–water partition coefficient (Wildman–Crippen LogP) is 3.77. The average molecular weight is 377 g/mol. The highest BCUT2D eigenvalue weighted by atomic mass is 35.5. The van der Waals surface area contributed by atoms with Crippen LogP contribution in [-0.4, -0.2) is 24.4 Å². The van der Waals surface area contributed by atoms with E-state index < -0.39 is 6.04 Å². The van der Waals surface area contributed by atoms with Gasteiger partial charge < -0.3 is 5.32 Å². The van der Waals surface area contributed by atoms with Gasteiger partial charge in [-0.25, -0.2) is 4.90 Å². The molecule has 6 heteroatoms. The Bertz CT molecular complexity index is 806. The van der Waals surface area contributed by atoms with Crippen LogP contribution < -0.4 is 10.2 Å². The molecule has 4 nitrogen and oxygen atoms in total. The molecule has 3 rings (SSSR count). The maximum absolute atomic E-state index is 12.6. The molecule has 1 saturated heterocycles. The highest BCUT2D eigenvalue weighted by molar-refractivity contribution is 6.32. The lowest BCUT2D eigenvalue weighted by Crippen LogP contribution is -2.39. The number of hydrogen-bond donors (Lipinski definition) is 1. The number of carbonyl (C=O) groups is 2. The summed E-state index contributed by atoms with van der Waals surface area (Å²) in [4.78, 5) is 26.1. The third-order valence-corrected chi connectivity index (χ3v) is 4.94. The monoisotopic (exact) mass is 376 g/mol. The van der Waals surface area contributed by atoms with Gasteiger partial charge in [0.1, 0.15) is 0 Å². The topological polar surface area (TPSA) is 49.4 Å². The first-order valence-electron chi connectivity index (χ1n) is 8.06. The molecule has 0 bridgehead atoms. The molecule has 0 aromatic heterocycles. The summed E-state index contributed by atoms with van der Waals surface area (Å²) in [5, 5.41) is 4.41. The molecule has 1 unspecified atom stereocenters. The zero-order valence-electron chi connectivity index (χ0n) is 13.8. The molecule has 0 spiro atoms. The lowest BCUT2D eigenvalue weighted by Gasteiger charge is -2.16. The molecule has 1 heterocycles. The van der Waals surface area contributed by atoms with Crippen LogP contribution in [0, 0.1) is 6.92 Å². The fraction of sp³-hybridized carbons (Fsp3) is 0.263. The molecule has 0 aliphatic carbocycles. The molecule has 1 atom stereocenters. The normalized spacial score (nSPS) is 17.4. The van der Waals surface area contributed by atoms with Crippen molar-refractivity contribution in [1.29, 1.82) is 0 Å². The van der Waals surface area contributed by atoms with Crippen molar-refractivity contribution in [3.8, 4) is 0 Å². The first-order chi connectivity index (χ1) is 12.0. The van der Waals surface area contributed by atoms with E-state index in [-0.39, 0.29) is 18.2 Å². The number of amides is 2. The van der Waals surface area contributed by atoms with E-state index in [1.807, 2.05) is 31.2 Å². The van der Waals surface area contributed by atoms with Gasteiger partial charge in [-0.15, -0.1) is 0 Å². The van der Waals surface area contributed by atoms with E-state index in [1.165, 1.54) is 4.90 Å². The third kappa shape index (κ3) is 4.03. The van der Waals surface area contributed by atoms with E-state index in [1.54, 1.807) is 18.2 Å². The van der Waals surface area contributed by atoms with Crippen LogP contribution in [0.5, 0.6) is 0 Å². The number of nitrogens with one attached hydrogen (secondary N) is 1. The Morgan fingerprint density at radius 1 is 1.12 bits per heavy atom. The zero-order chi connectivity index (χ0) is 18.0. The Morgan fingerprint density at radius 2 is 1.84 bits per heavy atom. The van der Waals surface area contributed by atoms with Gasteiger partial charge in [-0.05, 0) is 55.3 Å². The highest BCUT2D eigenvalue weighted by Crippen LogP contribution is 2.27. The quantitative estimate of drug-likeness (QED) is 0.808. The molecule has 1 aliphatic heterocycles. The van der Waals surface area contributed by atoms with Crippen LogP contribution in [-0.2, 0) is 16.0 Å². The minimum absolute atomic E-state index is 0.158. The van der Waals surface area contributed by atoms with Crippen molar-refractivity contribution in [2.45, 2.75) is 25.8 Å². The number of rotatable bonds is 5. The fourth-order valence-corrected chi connectivity index (χ4v) is 3.13. The first kappa shape index (κ1) is 17.9. The van der Waals surface area contributed by atoms with Crippen molar-refractivity contribution in [2.75, 3.05) is 11.4 Å². The lowest BCUT2D eigenvalue weighted by atomic mass is 10.1. The van der Waals surface area contributed by atoms with Crippen LogP contribution in [0.25, 0.3) is 0 Å². The van der Waals surface area contributed by atoms with Gasteiger partial charge in [0.25, 0.3) is 5.91 Å². The second-order valence-electron chi connectivity index (χ2n) is 6.09. The van der Waals surface area contributed by atoms with Gasteiger partial charge in [0.2, 0.25) is 5.91 Å². The van der Waals surface area contributed by atoms with Crippen LogP contribution >= 0.6 is 23.2 Å². The summed E-state index contributed by atoms with van der Waals surface area (Å²) in [7, 11) is 0. The minimum atomic E-state index is -0.500. The Labute approximate surface area is 156 Å². The molecular weight excluding hydrogens is 359 g/mol. The number of halogens is 2. The smallest absolute Gasteiger partial charge is 0.251 e. The molecule has 1 aliphatic rings. The SMILES string of the molecule is Cc1ccc(N2C(=O)CC(NCCc3ccc(Cl)cc3)C2=O)cc1Cl. The summed E-state index contributed by atoms with van der Waals surface area (Å²) in [6.45, 7) is 2.48. The third-order valence-electron chi connectivity index (χ3n) is 4.28. The van der Waals surface area contributed by atoms with Crippen molar-refractivity contribution in [3.63, 3.8) is 0 Å². The van der Waals surface area contributed by atoms with E-state index in [4.69, 9.17) is 23.2 Å². The van der Waals surface area contributed by atoms with E-state index >= 15 is 0 Å². The summed E-state index contributed by atoms with van der Waals surface area (Å²) in [5.74, 6) is -0.449. The van der Waals surface area contributed by atoms with E-state index in [9.17, 15) is 9.59 Å². The second-order valence-corrected chi connectivity index (χ2v) is 6.93. The first-order valence-corrected chi connectivity index (χ1v) is 8.82. The summed E-state index contributed by atoms with van der Waals surface area (Å²) in [6.07, 6.45) is 0.913. The number of aryl methyl sites for hydroxylation is 1. The molecule has 2 aromatic rings. The largest absolute Gasteiger partial charge is 0.305 e. The Balaban J connectivity index is 1.62. The van der Waals surface area contributed by atoms with Crippen molar-refractivity contribution < 1.29 is 9.59 Å². The summed E-state index contributed by atoms with van der Waals surface area (Å²) < 4.78 is 0. The fourth-order valence-electron chi connectivity index (χ4n) is 2.83. The molecule has 0 radical (unpaired) electrons. The van der Waals surface area contributed by atoms with Crippen molar-refractivity contribution in [2.24, 2.45) is 0 Å². The number of nitrogens with zero attached hydrogens (tertiary/aromatic N) is 1. The molecule has 25 heavy (non-hydrogen) atoms. The Hall–Kier alpha value is -1.88. The summed E-state index contributed by atoms with van der Waals surface area (Å²) in [5.41, 5.74) is 2.55. The number of anilines is 1. The van der Waals surface area contributed by atoms with Gasteiger partial charge >= 0.3 is 0 Å². The zero-order valence-corrected chi connectivity index (χ0v) is 15.3. The molecule has 1 N–H and O–H groups in total. The standard InChI is InChI=1S/C19H18Cl2N2O2/c1-12-2-7-15(10-16(12)21)23-18(24)11-17(19(23)25)22-9-8-13-3-5-14(20)6-4-13/h2-7,10,17,22H,8-9,11H2,1H3. The summed E-state index contributed by atoms with van der Waals surface area (Å²) in [6, 6.07) is 12.3. The minimum Gasteiger partial charge on any atom is -0.305 e. The lowest BCUT2D eigenvalue weighted by molar-refractivity contribution is -0.121. The Morgan fingerprint density at radius 3 is 2.52 bits per heavy atom. The molecule has 2 amide bonds. The highest BCUT2D eigenvalue weighted by Gasteiger charge is 2.39. The molecule has 2 aromatic carbocycles. The number of hydrogen-bond acceptors (Lipinski definition) is 3. The van der Waals surface area contributed by atoms with Gasteiger partial charge in [0, 0.05) is 10.0 Å². The van der Waals surface area contributed by atoms with Gasteiger partial charge in [0.15, 0.2) is 0 Å². The van der Waals surface area contributed by atoms with Gasteiger partial charge in [-0.2, -0.15) is 0 Å². The van der Waals surface area contributed by atoms with Crippen molar-refractivity contribution in [3.05, 3.63) is 63.6 Å². The van der Waals surface area contributed by atoms with Gasteiger partial charge in [-0.1, -0.05) is 41.4 Å². The average Bonchev–Trinajstić information content (AvgIpc) is 2.86. The van der Waals surface area contributed by atoms with Crippen molar-refractivity contribution >= 4 is 40.7 Å². The van der Waals surface area contributed by atoms with Crippen LogP contribution in [0.15, 0.2) is 42.5 Å². The molecule has 130 valence electrons. The second kappa shape index (κ2) is 7.56. The van der Waals surface area contributed by atoms with Crippen LogP contribution in [0.1, 0.15) is 17.5 Å². The number of benzene rings is 2. The van der Waals surface area contributed by atoms with Crippen molar-refractivity contribution in [1.82, 2.24) is 5.32 Å². The van der Waals surface area contributed by atoms with Crippen LogP contribution in [0.2, 0.25) is 10.0 Å². The molecular formula is C19H18Cl2N2O2. The Kier molecular flexibility index (Phi) is 5.42. The number of carbonyl (C=O) groups excluding carboxylic acids is 2. The van der Waals surface area contributed by atoms with Crippen LogP contribution in [0.3, 0.4) is 0 Å². The van der Waals surface area contributed by atoms with E-state index in [2.05, 4.69) is 5.32 Å². The van der Waals surface area contributed by atoms with Gasteiger partial charge in [0.05, 0.1) is 18.2 Å². The maximum Gasteiger partial charge on any atom is 0.251 e. The predicted molar refractivity (Wildman–Crippen MR) is 100 cm³/mol. The maximum atomic E-state index is 12.6. The molecule has 0 saturated carbocycles. The van der Waals surface area contributed by atoms with E-state index in [0.29, 0.717) is 22.3 Å². The van der Waals surface area contributed by atoms with Crippen LogP contribution in [0.4, 0.5) is 5.69 Å². The molecule has 1 fully saturated rings. The summed E-state index contributed by atoms with van der Waals surface area (Å²) >= 11 is 12.0. The van der Waals surface area contributed by atoms with Gasteiger partial charge in [-0.3, -0.25) is 9.59 Å².